The fraction of sp³-hybridized carbons (Fsp3) is 0.421. The Bertz CT molecular complexity index is 698. The molecule has 2 heterocycles. The topological polar surface area (TPSA) is 32.3 Å². The van der Waals surface area contributed by atoms with E-state index in [4.69, 9.17) is 0 Å². The van der Waals surface area contributed by atoms with Crippen molar-refractivity contribution in [3.8, 4) is 0 Å². The van der Waals surface area contributed by atoms with Gasteiger partial charge >= 0.3 is 0 Å². The van der Waals surface area contributed by atoms with Crippen molar-refractivity contribution in [2.45, 2.75) is 38.8 Å². The maximum atomic E-state index is 13.3. The van der Waals surface area contributed by atoms with Gasteiger partial charge in [-0.3, -0.25) is 4.79 Å². The minimum Gasteiger partial charge on any atom is -0.330 e. The van der Waals surface area contributed by atoms with Gasteiger partial charge in [0.2, 0.25) is 5.91 Å². The van der Waals surface area contributed by atoms with Gasteiger partial charge in [0.05, 0.1) is 12.6 Å². The van der Waals surface area contributed by atoms with Crippen molar-refractivity contribution in [3.05, 3.63) is 57.5 Å². The van der Waals surface area contributed by atoms with Crippen molar-refractivity contribution in [1.82, 2.24) is 10.2 Å². The van der Waals surface area contributed by atoms with Crippen LogP contribution in [-0.2, 0) is 11.2 Å². The summed E-state index contributed by atoms with van der Waals surface area (Å²) in [6.07, 6.45) is 1.88. The third-order valence-corrected chi connectivity index (χ3v) is 5.68. The van der Waals surface area contributed by atoms with E-state index in [1.807, 2.05) is 4.90 Å². The Morgan fingerprint density at radius 2 is 2.12 bits per heavy atom. The van der Waals surface area contributed by atoms with Crippen LogP contribution in [0.5, 0.6) is 0 Å². The number of carbonyl (C=O) groups excluding carboxylic acids is 1. The van der Waals surface area contributed by atoms with E-state index in [0.717, 1.165) is 18.4 Å². The Morgan fingerprint density at radius 1 is 1.38 bits per heavy atom. The smallest absolute Gasteiger partial charge is 0.237 e. The minimum absolute atomic E-state index is 0.0986. The van der Waals surface area contributed by atoms with E-state index in [9.17, 15) is 9.18 Å². The molecule has 3 rings (SSSR count). The minimum atomic E-state index is -0.253. The summed E-state index contributed by atoms with van der Waals surface area (Å²) in [6.45, 7) is 5.22. The normalized spacial score (nSPS) is 18.3. The summed E-state index contributed by atoms with van der Waals surface area (Å²) in [7, 11) is 0. The molecule has 5 heteroatoms. The van der Waals surface area contributed by atoms with Crippen molar-refractivity contribution in [2.24, 2.45) is 0 Å². The Labute approximate surface area is 146 Å². The van der Waals surface area contributed by atoms with Gasteiger partial charge in [0, 0.05) is 17.5 Å². The van der Waals surface area contributed by atoms with Crippen LogP contribution in [0.15, 0.2) is 35.7 Å². The first-order chi connectivity index (χ1) is 11.6. The molecule has 0 bridgehead atoms. The molecule has 1 N–H and O–H groups in total. The number of amides is 1. The van der Waals surface area contributed by atoms with Crippen molar-refractivity contribution < 1.29 is 9.18 Å². The number of hydrogen-bond donors (Lipinski definition) is 1. The predicted molar refractivity (Wildman–Crippen MR) is 95.7 cm³/mol. The van der Waals surface area contributed by atoms with Gasteiger partial charge in [-0.2, -0.15) is 0 Å². The van der Waals surface area contributed by atoms with Crippen LogP contribution in [0.3, 0.4) is 0 Å². The first kappa shape index (κ1) is 17.1. The average molecular weight is 346 g/mol. The Morgan fingerprint density at radius 3 is 2.83 bits per heavy atom. The number of nitrogens with one attached hydrogen (secondary N) is 1. The molecule has 0 radical (unpaired) electrons. The zero-order valence-corrected chi connectivity index (χ0v) is 14.9. The highest BCUT2D eigenvalue weighted by Gasteiger charge is 2.32. The number of halogens is 1. The summed E-state index contributed by atoms with van der Waals surface area (Å²) in [4.78, 5) is 16.0. The van der Waals surface area contributed by atoms with Gasteiger partial charge in [-0.25, -0.2) is 4.39 Å². The number of thiophene rings is 1. The molecule has 1 aliphatic heterocycles. The summed E-state index contributed by atoms with van der Waals surface area (Å²) in [5.74, 6) is -0.155. The van der Waals surface area contributed by atoms with E-state index in [0.29, 0.717) is 19.1 Å². The second-order valence-electron chi connectivity index (χ2n) is 6.28. The monoisotopic (exact) mass is 346 g/mol. The van der Waals surface area contributed by atoms with Crippen LogP contribution in [0.2, 0.25) is 0 Å². The lowest BCUT2D eigenvalue weighted by Gasteiger charge is -2.36. The maximum absolute atomic E-state index is 13.3. The lowest BCUT2D eigenvalue weighted by molar-refractivity contribution is -0.132. The summed E-state index contributed by atoms with van der Waals surface area (Å²) in [5, 5.41) is 5.36. The lowest BCUT2D eigenvalue weighted by Crippen LogP contribution is -2.45. The molecule has 0 unspecified atom stereocenters. The van der Waals surface area contributed by atoms with Gasteiger partial charge in [-0.1, -0.05) is 19.1 Å². The number of hydrogen-bond acceptors (Lipinski definition) is 3. The predicted octanol–water partition coefficient (Wildman–Crippen LogP) is 3.75. The zero-order chi connectivity index (χ0) is 17.1. The number of fused-ring (bicyclic) bond motifs is 1. The van der Waals surface area contributed by atoms with Crippen molar-refractivity contribution in [1.29, 1.82) is 0 Å². The largest absolute Gasteiger partial charge is 0.330 e. The Hall–Kier alpha value is -1.72. The number of carbonyl (C=O) groups is 1. The maximum Gasteiger partial charge on any atom is 0.237 e. The first-order valence-corrected chi connectivity index (χ1v) is 9.32. The van der Waals surface area contributed by atoms with Crippen molar-refractivity contribution >= 4 is 17.2 Å². The molecule has 1 aromatic heterocycles. The van der Waals surface area contributed by atoms with E-state index >= 15 is 0 Å². The molecule has 24 heavy (non-hydrogen) atoms. The fourth-order valence-electron chi connectivity index (χ4n) is 3.10. The van der Waals surface area contributed by atoms with E-state index < -0.39 is 0 Å². The second kappa shape index (κ2) is 7.45. The van der Waals surface area contributed by atoms with Crippen LogP contribution < -0.4 is 5.32 Å². The molecule has 2 atom stereocenters. The highest BCUT2D eigenvalue weighted by atomic mass is 32.1. The standard InChI is InChI=1S/C19H23FN2OS/c1-3-13(2)21-12-18(23)22-10-8-17-16(9-11-24-17)19(22)14-4-6-15(20)7-5-14/h4-7,9,11,13,19,21H,3,8,10,12H2,1-2H3/t13-,19-/m0/s1. The van der Waals surface area contributed by atoms with Gasteiger partial charge in [0.1, 0.15) is 5.82 Å². The van der Waals surface area contributed by atoms with Crippen molar-refractivity contribution in [2.75, 3.05) is 13.1 Å². The van der Waals surface area contributed by atoms with E-state index in [2.05, 4.69) is 30.6 Å². The Balaban J connectivity index is 1.87. The van der Waals surface area contributed by atoms with Crippen LogP contribution in [-0.4, -0.2) is 29.9 Å². The molecule has 0 fully saturated rings. The molecule has 1 aromatic carbocycles. The Kier molecular flexibility index (Phi) is 5.31. The van der Waals surface area contributed by atoms with E-state index in [1.165, 1.54) is 22.6 Å². The average Bonchev–Trinajstić information content (AvgIpc) is 3.08. The van der Waals surface area contributed by atoms with Crippen LogP contribution in [0.1, 0.15) is 42.3 Å². The number of benzene rings is 1. The molecule has 3 nitrogen and oxygen atoms in total. The molecule has 2 aromatic rings. The number of rotatable bonds is 5. The third-order valence-electron chi connectivity index (χ3n) is 4.69. The van der Waals surface area contributed by atoms with Gasteiger partial charge < -0.3 is 10.2 Å². The van der Waals surface area contributed by atoms with E-state index in [-0.39, 0.29) is 17.8 Å². The highest BCUT2D eigenvalue weighted by molar-refractivity contribution is 7.10. The molecule has 0 aliphatic carbocycles. The van der Waals surface area contributed by atoms with Crippen LogP contribution in [0.4, 0.5) is 4.39 Å². The molecular formula is C19H23FN2OS. The van der Waals surface area contributed by atoms with Crippen LogP contribution in [0.25, 0.3) is 0 Å². The van der Waals surface area contributed by atoms with Crippen LogP contribution >= 0.6 is 11.3 Å². The quantitative estimate of drug-likeness (QED) is 0.894. The lowest BCUT2D eigenvalue weighted by atomic mass is 9.93. The second-order valence-corrected chi connectivity index (χ2v) is 7.28. The summed E-state index contributed by atoms with van der Waals surface area (Å²) < 4.78 is 13.3. The SMILES string of the molecule is CC[C@H](C)NCC(=O)N1CCc2sccc2[C@@H]1c1ccc(F)cc1. The molecule has 0 saturated heterocycles. The van der Waals surface area contributed by atoms with E-state index in [1.54, 1.807) is 23.5 Å². The molecule has 0 spiro atoms. The molecule has 128 valence electrons. The van der Waals surface area contributed by atoms with Gasteiger partial charge in [0.25, 0.3) is 0 Å². The molecule has 1 amide bonds. The number of nitrogens with zero attached hydrogens (tertiary/aromatic N) is 1. The van der Waals surface area contributed by atoms with Crippen LogP contribution in [0, 0.1) is 5.82 Å². The van der Waals surface area contributed by atoms with Crippen molar-refractivity contribution in [3.63, 3.8) is 0 Å². The highest BCUT2D eigenvalue weighted by Crippen LogP contribution is 2.37. The molecular weight excluding hydrogens is 323 g/mol. The first-order valence-electron chi connectivity index (χ1n) is 8.44. The molecule has 0 saturated carbocycles. The van der Waals surface area contributed by atoms with Gasteiger partial charge in [0.15, 0.2) is 0 Å². The summed E-state index contributed by atoms with van der Waals surface area (Å²) in [6, 6.07) is 8.80. The third kappa shape index (κ3) is 3.52. The molecule has 1 aliphatic rings. The van der Waals surface area contributed by atoms with Gasteiger partial charge in [-0.05, 0) is 54.5 Å². The summed E-state index contributed by atoms with van der Waals surface area (Å²) >= 11 is 1.73. The van der Waals surface area contributed by atoms with Gasteiger partial charge in [-0.15, -0.1) is 11.3 Å². The summed E-state index contributed by atoms with van der Waals surface area (Å²) in [5.41, 5.74) is 2.14. The zero-order valence-electron chi connectivity index (χ0n) is 14.1. The fourth-order valence-corrected chi connectivity index (χ4v) is 4.00.